The molecule has 0 aliphatic carbocycles. The van der Waals surface area contributed by atoms with Crippen LogP contribution in [0, 0.1) is 5.92 Å². The van der Waals surface area contributed by atoms with Gasteiger partial charge in [-0.15, -0.1) is 0 Å². The third kappa shape index (κ3) is 5.22. The molecule has 1 heterocycles. The number of unbranched alkanes of at least 4 members (excludes halogenated alkanes) is 1. The molecular formula is C13H24N2O6S. The van der Waals surface area contributed by atoms with Gasteiger partial charge >= 0.3 is 11.9 Å². The SMILES string of the molecule is CCCC[C@H](NS(=O)(=O)N1CCC(C(=O)OC)CC1)C(=O)O. The Bertz CT molecular complexity index is 485. The van der Waals surface area contributed by atoms with Gasteiger partial charge < -0.3 is 9.84 Å². The van der Waals surface area contributed by atoms with Gasteiger partial charge in [0.1, 0.15) is 6.04 Å². The quantitative estimate of drug-likeness (QED) is 0.618. The third-order valence-electron chi connectivity index (χ3n) is 3.76. The second-order valence-corrected chi connectivity index (χ2v) is 7.05. The van der Waals surface area contributed by atoms with E-state index in [1.54, 1.807) is 0 Å². The maximum absolute atomic E-state index is 12.2. The molecule has 0 aromatic rings. The Kier molecular flexibility index (Phi) is 7.24. The third-order valence-corrected chi connectivity index (χ3v) is 5.39. The summed E-state index contributed by atoms with van der Waals surface area (Å²) in [7, 11) is -2.56. The number of piperidine rings is 1. The van der Waals surface area contributed by atoms with Gasteiger partial charge in [0.15, 0.2) is 0 Å². The lowest BCUT2D eigenvalue weighted by molar-refractivity contribution is -0.146. The summed E-state index contributed by atoms with van der Waals surface area (Å²) in [4.78, 5) is 22.6. The fourth-order valence-electron chi connectivity index (χ4n) is 2.39. The molecule has 1 aliphatic rings. The van der Waals surface area contributed by atoms with E-state index in [-0.39, 0.29) is 31.4 Å². The first-order chi connectivity index (χ1) is 10.3. The molecule has 0 amide bonds. The maximum Gasteiger partial charge on any atom is 0.321 e. The first-order valence-electron chi connectivity index (χ1n) is 7.39. The average molecular weight is 336 g/mol. The van der Waals surface area contributed by atoms with Gasteiger partial charge in [-0.05, 0) is 19.3 Å². The van der Waals surface area contributed by atoms with Gasteiger partial charge in [-0.25, -0.2) is 0 Å². The van der Waals surface area contributed by atoms with Crippen molar-refractivity contribution >= 4 is 22.1 Å². The number of carbonyl (C=O) groups is 2. The van der Waals surface area contributed by atoms with Crippen molar-refractivity contribution < 1.29 is 27.9 Å². The Labute approximate surface area is 131 Å². The summed E-state index contributed by atoms with van der Waals surface area (Å²) in [6.45, 7) is 2.26. The first kappa shape index (κ1) is 18.9. The number of carboxylic acid groups (broad SMARTS) is 1. The van der Waals surface area contributed by atoms with Crippen LogP contribution < -0.4 is 4.72 Å². The van der Waals surface area contributed by atoms with Crippen LogP contribution in [0.3, 0.4) is 0 Å². The van der Waals surface area contributed by atoms with Gasteiger partial charge in [0.25, 0.3) is 10.2 Å². The first-order valence-corrected chi connectivity index (χ1v) is 8.83. The summed E-state index contributed by atoms with van der Waals surface area (Å²) < 4.78 is 32.6. The zero-order valence-electron chi connectivity index (χ0n) is 12.9. The summed E-state index contributed by atoms with van der Waals surface area (Å²) in [5.74, 6) is -1.82. The van der Waals surface area contributed by atoms with E-state index in [4.69, 9.17) is 5.11 Å². The van der Waals surface area contributed by atoms with Crippen LogP contribution in [-0.2, 0) is 24.5 Å². The summed E-state index contributed by atoms with van der Waals surface area (Å²) in [5, 5.41) is 9.10. The van der Waals surface area contributed by atoms with E-state index in [1.807, 2.05) is 6.92 Å². The highest BCUT2D eigenvalue weighted by atomic mass is 32.2. The van der Waals surface area contributed by atoms with Crippen molar-refractivity contribution in [1.82, 2.24) is 9.03 Å². The number of aliphatic carboxylic acids is 1. The summed E-state index contributed by atoms with van der Waals surface area (Å²) in [6.07, 6.45) is 2.42. The van der Waals surface area contributed by atoms with Crippen LogP contribution in [-0.4, -0.2) is 56.0 Å². The van der Waals surface area contributed by atoms with E-state index in [0.717, 1.165) is 6.42 Å². The molecule has 1 saturated heterocycles. The zero-order valence-corrected chi connectivity index (χ0v) is 13.8. The molecule has 22 heavy (non-hydrogen) atoms. The molecule has 0 spiro atoms. The second kappa shape index (κ2) is 8.44. The fourth-order valence-corrected chi connectivity index (χ4v) is 3.81. The number of carbonyl (C=O) groups excluding carboxylic acids is 1. The van der Waals surface area contributed by atoms with E-state index in [9.17, 15) is 18.0 Å². The predicted octanol–water partition coefficient (Wildman–Crippen LogP) is 0.349. The predicted molar refractivity (Wildman–Crippen MR) is 79.3 cm³/mol. The van der Waals surface area contributed by atoms with E-state index < -0.39 is 22.2 Å². The molecule has 9 heteroatoms. The summed E-state index contributed by atoms with van der Waals surface area (Å²) in [5.41, 5.74) is 0. The monoisotopic (exact) mass is 336 g/mol. The number of nitrogens with one attached hydrogen (secondary N) is 1. The highest BCUT2D eigenvalue weighted by molar-refractivity contribution is 7.87. The molecule has 1 aliphatic heterocycles. The number of hydrogen-bond donors (Lipinski definition) is 2. The Morgan fingerprint density at radius 2 is 1.95 bits per heavy atom. The van der Waals surface area contributed by atoms with E-state index in [2.05, 4.69) is 9.46 Å². The molecule has 0 saturated carbocycles. The molecule has 2 N–H and O–H groups in total. The van der Waals surface area contributed by atoms with Crippen LogP contribution in [0.2, 0.25) is 0 Å². The molecule has 0 bridgehead atoms. The molecule has 0 radical (unpaired) electrons. The van der Waals surface area contributed by atoms with Gasteiger partial charge in [-0.3, -0.25) is 9.59 Å². The minimum absolute atomic E-state index is 0.176. The van der Waals surface area contributed by atoms with Gasteiger partial charge in [-0.2, -0.15) is 17.4 Å². The van der Waals surface area contributed by atoms with Crippen LogP contribution in [0.25, 0.3) is 0 Å². The van der Waals surface area contributed by atoms with Crippen LogP contribution in [0.4, 0.5) is 0 Å². The molecule has 1 fully saturated rings. The molecule has 0 aromatic carbocycles. The lowest BCUT2D eigenvalue weighted by Crippen LogP contribution is -2.51. The number of nitrogens with zero attached hydrogens (tertiary/aromatic N) is 1. The summed E-state index contributed by atoms with van der Waals surface area (Å²) in [6, 6.07) is -1.12. The van der Waals surface area contributed by atoms with Crippen molar-refractivity contribution in [1.29, 1.82) is 0 Å². The average Bonchev–Trinajstić information content (AvgIpc) is 2.50. The van der Waals surface area contributed by atoms with Crippen LogP contribution in [0.15, 0.2) is 0 Å². The van der Waals surface area contributed by atoms with Gasteiger partial charge in [0.2, 0.25) is 0 Å². The van der Waals surface area contributed by atoms with Crippen molar-refractivity contribution in [3.05, 3.63) is 0 Å². The molecule has 8 nitrogen and oxygen atoms in total. The number of esters is 1. The Morgan fingerprint density at radius 3 is 2.41 bits per heavy atom. The van der Waals surface area contributed by atoms with Crippen molar-refractivity contribution in [2.75, 3.05) is 20.2 Å². The largest absolute Gasteiger partial charge is 0.480 e. The Balaban J connectivity index is 2.63. The van der Waals surface area contributed by atoms with Crippen LogP contribution in [0.5, 0.6) is 0 Å². The topological polar surface area (TPSA) is 113 Å². The highest BCUT2D eigenvalue weighted by Crippen LogP contribution is 2.20. The van der Waals surface area contributed by atoms with Crippen molar-refractivity contribution in [2.45, 2.75) is 45.1 Å². The second-order valence-electron chi connectivity index (χ2n) is 5.35. The van der Waals surface area contributed by atoms with Crippen LogP contribution in [0.1, 0.15) is 39.0 Å². The normalized spacial score (nSPS) is 18.8. The van der Waals surface area contributed by atoms with E-state index in [1.165, 1.54) is 11.4 Å². The number of rotatable bonds is 8. The number of hydrogen-bond acceptors (Lipinski definition) is 5. The van der Waals surface area contributed by atoms with Crippen molar-refractivity contribution in [3.8, 4) is 0 Å². The van der Waals surface area contributed by atoms with E-state index >= 15 is 0 Å². The van der Waals surface area contributed by atoms with Gasteiger partial charge in [0.05, 0.1) is 13.0 Å². The number of methoxy groups -OCH3 is 1. The van der Waals surface area contributed by atoms with Crippen molar-refractivity contribution in [2.24, 2.45) is 5.92 Å². The van der Waals surface area contributed by atoms with Gasteiger partial charge in [-0.1, -0.05) is 19.8 Å². The highest BCUT2D eigenvalue weighted by Gasteiger charge is 2.33. The lowest BCUT2D eigenvalue weighted by Gasteiger charge is -2.30. The molecule has 1 rings (SSSR count). The molecule has 0 unspecified atom stereocenters. The Hall–Kier alpha value is -1.19. The van der Waals surface area contributed by atoms with Crippen molar-refractivity contribution in [3.63, 3.8) is 0 Å². The number of ether oxygens (including phenoxy) is 1. The van der Waals surface area contributed by atoms with Gasteiger partial charge in [0, 0.05) is 13.1 Å². The molecular weight excluding hydrogens is 312 g/mol. The Morgan fingerprint density at radius 1 is 1.36 bits per heavy atom. The molecule has 128 valence electrons. The fraction of sp³-hybridized carbons (Fsp3) is 0.846. The lowest BCUT2D eigenvalue weighted by atomic mass is 9.99. The van der Waals surface area contributed by atoms with E-state index in [0.29, 0.717) is 19.3 Å². The smallest absolute Gasteiger partial charge is 0.321 e. The summed E-state index contributed by atoms with van der Waals surface area (Å²) >= 11 is 0. The standard InChI is InChI=1S/C13H24N2O6S/c1-3-4-5-11(12(16)17)14-22(19,20)15-8-6-10(7-9-15)13(18)21-2/h10-11,14H,3-9H2,1-2H3,(H,16,17)/t11-/m0/s1. The van der Waals surface area contributed by atoms with Crippen LogP contribution >= 0.6 is 0 Å². The minimum Gasteiger partial charge on any atom is -0.480 e. The molecule has 0 aromatic heterocycles. The zero-order chi connectivity index (χ0) is 16.8. The number of carboxylic acids is 1. The maximum atomic E-state index is 12.2. The minimum atomic E-state index is -3.86. The molecule has 1 atom stereocenters.